The second-order valence-electron chi connectivity index (χ2n) is 3.67. The number of carboxylic acid groups (broad SMARTS) is 1. The maximum atomic E-state index is 13.3. The van der Waals surface area contributed by atoms with Gasteiger partial charge in [-0.3, -0.25) is 4.79 Å². The molecular weight excluding hydrogens is 328 g/mol. The summed E-state index contributed by atoms with van der Waals surface area (Å²) in [5.41, 5.74) is -0.00460. The topological polar surface area (TPSA) is 66.4 Å². The van der Waals surface area contributed by atoms with Crippen LogP contribution in [0.25, 0.3) is 0 Å². The Hall–Kier alpha value is -1.63. The summed E-state index contributed by atoms with van der Waals surface area (Å²) in [4.78, 5) is 22.9. The van der Waals surface area contributed by atoms with Crippen LogP contribution in [0.5, 0.6) is 0 Å². The van der Waals surface area contributed by atoms with Crippen molar-refractivity contribution in [3.63, 3.8) is 0 Å². The van der Waals surface area contributed by atoms with Gasteiger partial charge < -0.3 is 10.4 Å². The molecule has 1 heterocycles. The van der Waals surface area contributed by atoms with Gasteiger partial charge in [-0.2, -0.15) is 0 Å². The second kappa shape index (κ2) is 5.78. The minimum atomic E-state index is -1.16. The van der Waals surface area contributed by atoms with Crippen molar-refractivity contribution in [2.24, 2.45) is 0 Å². The molecule has 2 N–H and O–H groups in total. The summed E-state index contributed by atoms with van der Waals surface area (Å²) in [6.07, 6.45) is 0. The van der Waals surface area contributed by atoms with E-state index in [-0.39, 0.29) is 26.2 Å². The van der Waals surface area contributed by atoms with Crippen LogP contribution in [-0.4, -0.2) is 17.0 Å². The van der Waals surface area contributed by atoms with Crippen molar-refractivity contribution in [2.75, 3.05) is 5.32 Å². The van der Waals surface area contributed by atoms with Gasteiger partial charge in [-0.25, -0.2) is 9.18 Å². The van der Waals surface area contributed by atoms with Gasteiger partial charge in [0.1, 0.15) is 10.7 Å². The smallest absolute Gasteiger partial charge is 0.348 e. The van der Waals surface area contributed by atoms with Crippen LogP contribution in [0.15, 0.2) is 23.6 Å². The average Bonchev–Trinajstić information content (AvgIpc) is 2.81. The lowest BCUT2D eigenvalue weighted by Crippen LogP contribution is -2.14. The number of halogens is 3. The zero-order chi connectivity index (χ0) is 14.9. The lowest BCUT2D eigenvalue weighted by Gasteiger charge is -2.07. The van der Waals surface area contributed by atoms with E-state index in [0.717, 1.165) is 23.5 Å². The Bertz CT molecular complexity index is 702. The molecule has 20 heavy (non-hydrogen) atoms. The highest BCUT2D eigenvalue weighted by Crippen LogP contribution is 2.27. The van der Waals surface area contributed by atoms with Crippen LogP contribution in [-0.2, 0) is 0 Å². The number of carboxylic acids is 1. The molecule has 1 aromatic carbocycles. The number of nitrogens with one attached hydrogen (secondary N) is 1. The lowest BCUT2D eigenvalue weighted by molar-refractivity contribution is 0.0703. The fraction of sp³-hybridized carbons (Fsp3) is 0. The van der Waals surface area contributed by atoms with Gasteiger partial charge in [0.2, 0.25) is 0 Å². The fourth-order valence-corrected chi connectivity index (χ4v) is 2.62. The van der Waals surface area contributed by atoms with Gasteiger partial charge in [0, 0.05) is 0 Å². The van der Waals surface area contributed by atoms with Crippen molar-refractivity contribution in [3.8, 4) is 0 Å². The molecule has 0 bridgehead atoms. The first-order valence-electron chi connectivity index (χ1n) is 5.17. The largest absolute Gasteiger partial charge is 0.477 e. The summed E-state index contributed by atoms with van der Waals surface area (Å²) < 4.78 is 13.3. The molecule has 104 valence electrons. The first-order chi connectivity index (χ1) is 9.40. The Morgan fingerprint density at radius 1 is 1.25 bits per heavy atom. The zero-order valence-corrected chi connectivity index (χ0v) is 11.9. The molecule has 0 radical (unpaired) electrons. The van der Waals surface area contributed by atoms with E-state index in [1.807, 2.05) is 0 Å². The number of hydrogen-bond acceptors (Lipinski definition) is 3. The highest BCUT2D eigenvalue weighted by molar-refractivity contribution is 7.12. The summed E-state index contributed by atoms with van der Waals surface area (Å²) in [6.45, 7) is 0. The van der Waals surface area contributed by atoms with E-state index in [4.69, 9.17) is 28.3 Å². The third kappa shape index (κ3) is 2.92. The van der Waals surface area contributed by atoms with Crippen molar-refractivity contribution in [2.45, 2.75) is 0 Å². The Morgan fingerprint density at radius 3 is 2.60 bits per heavy atom. The summed E-state index contributed by atoms with van der Waals surface area (Å²) in [5.74, 6) is -2.67. The second-order valence-corrected chi connectivity index (χ2v) is 5.40. The molecule has 0 aliphatic rings. The monoisotopic (exact) mass is 333 g/mol. The molecule has 0 aliphatic heterocycles. The number of aromatic carboxylic acids is 1. The van der Waals surface area contributed by atoms with Crippen LogP contribution in [0.2, 0.25) is 10.0 Å². The van der Waals surface area contributed by atoms with Crippen molar-refractivity contribution in [1.29, 1.82) is 0 Å². The van der Waals surface area contributed by atoms with Crippen molar-refractivity contribution >= 4 is 52.1 Å². The quantitative estimate of drug-likeness (QED) is 0.829. The number of benzene rings is 1. The highest BCUT2D eigenvalue weighted by atomic mass is 35.5. The van der Waals surface area contributed by atoms with Crippen LogP contribution >= 0.6 is 34.5 Å². The van der Waals surface area contributed by atoms with E-state index in [1.165, 1.54) is 11.4 Å². The lowest BCUT2D eigenvalue weighted by atomic mass is 10.2. The number of anilines is 1. The van der Waals surface area contributed by atoms with E-state index in [1.54, 1.807) is 0 Å². The number of amides is 1. The Balaban J connectivity index is 2.31. The SMILES string of the molecule is O=C(Nc1ccsc1C(=O)O)c1cc(F)c(Cl)cc1Cl. The molecule has 0 fully saturated rings. The number of carbonyl (C=O) groups is 2. The average molecular weight is 334 g/mol. The van der Waals surface area contributed by atoms with Gasteiger partial charge in [-0.05, 0) is 23.6 Å². The molecule has 1 amide bonds. The molecule has 0 saturated heterocycles. The Morgan fingerprint density at radius 2 is 1.95 bits per heavy atom. The number of thiophene rings is 1. The van der Waals surface area contributed by atoms with Gasteiger partial charge in [-0.15, -0.1) is 11.3 Å². The molecule has 0 aliphatic carbocycles. The molecule has 0 spiro atoms. The van der Waals surface area contributed by atoms with Gasteiger partial charge in [-0.1, -0.05) is 23.2 Å². The van der Waals surface area contributed by atoms with Crippen LogP contribution in [0.1, 0.15) is 20.0 Å². The Labute approximate surface area is 126 Å². The molecule has 1 aromatic heterocycles. The summed E-state index contributed by atoms with van der Waals surface area (Å²) in [6, 6.07) is 3.44. The van der Waals surface area contributed by atoms with E-state index >= 15 is 0 Å². The number of carbonyl (C=O) groups excluding carboxylic acids is 1. The number of rotatable bonds is 3. The molecule has 0 atom stereocenters. The van der Waals surface area contributed by atoms with E-state index in [2.05, 4.69) is 5.32 Å². The van der Waals surface area contributed by atoms with Crippen LogP contribution in [0.3, 0.4) is 0 Å². The van der Waals surface area contributed by atoms with Crippen molar-refractivity contribution in [3.05, 3.63) is 49.9 Å². The molecule has 2 aromatic rings. The van der Waals surface area contributed by atoms with Crippen LogP contribution in [0, 0.1) is 5.82 Å². The van der Waals surface area contributed by atoms with Gasteiger partial charge >= 0.3 is 5.97 Å². The Kier molecular flexibility index (Phi) is 4.27. The number of hydrogen-bond donors (Lipinski definition) is 2. The third-order valence-electron chi connectivity index (χ3n) is 2.36. The first kappa shape index (κ1) is 14.8. The van der Waals surface area contributed by atoms with Crippen molar-refractivity contribution in [1.82, 2.24) is 0 Å². The highest BCUT2D eigenvalue weighted by Gasteiger charge is 2.18. The molecular formula is C12H6Cl2FNO3S. The van der Waals surface area contributed by atoms with E-state index in [0.29, 0.717) is 0 Å². The minimum Gasteiger partial charge on any atom is -0.477 e. The van der Waals surface area contributed by atoms with Gasteiger partial charge in [0.05, 0.1) is 21.3 Å². The first-order valence-corrected chi connectivity index (χ1v) is 6.80. The summed E-state index contributed by atoms with van der Waals surface area (Å²) >= 11 is 12.3. The molecule has 4 nitrogen and oxygen atoms in total. The van der Waals surface area contributed by atoms with Crippen LogP contribution < -0.4 is 5.32 Å². The van der Waals surface area contributed by atoms with E-state index in [9.17, 15) is 14.0 Å². The minimum absolute atomic E-state index is 0.0242. The predicted octanol–water partition coefficient (Wildman–Crippen LogP) is 4.14. The molecule has 2 rings (SSSR count). The summed E-state index contributed by atoms with van der Waals surface area (Å²) in [5, 5.41) is 12.6. The van der Waals surface area contributed by atoms with Crippen molar-refractivity contribution < 1.29 is 19.1 Å². The maximum Gasteiger partial charge on any atom is 0.348 e. The molecule has 0 unspecified atom stereocenters. The fourth-order valence-electron chi connectivity index (χ4n) is 1.46. The van der Waals surface area contributed by atoms with Gasteiger partial charge in [0.25, 0.3) is 5.91 Å². The third-order valence-corrected chi connectivity index (χ3v) is 3.87. The zero-order valence-electron chi connectivity index (χ0n) is 9.62. The standard InChI is InChI=1S/C12H6Cl2FNO3S/c13-6-4-7(14)8(15)3-5(6)11(17)16-9-1-2-20-10(9)12(18)19/h1-4H,(H,16,17)(H,18,19). The normalized spacial score (nSPS) is 10.3. The van der Waals surface area contributed by atoms with E-state index < -0.39 is 17.7 Å². The van der Waals surface area contributed by atoms with Crippen LogP contribution in [0.4, 0.5) is 10.1 Å². The predicted molar refractivity (Wildman–Crippen MR) is 75.7 cm³/mol. The molecule has 0 saturated carbocycles. The summed E-state index contributed by atoms with van der Waals surface area (Å²) in [7, 11) is 0. The molecule has 8 heteroatoms. The van der Waals surface area contributed by atoms with Gasteiger partial charge in [0.15, 0.2) is 0 Å². The maximum absolute atomic E-state index is 13.3.